The molecule has 2 nitrogen and oxygen atoms in total. The lowest BCUT2D eigenvalue weighted by atomic mass is 10.2. The number of aryl methyl sites for hydroxylation is 1. The fourth-order valence-electron chi connectivity index (χ4n) is 2.04. The van der Waals surface area contributed by atoms with Gasteiger partial charge >= 0.3 is 0 Å². The van der Waals surface area contributed by atoms with E-state index in [4.69, 9.17) is 11.6 Å². The third-order valence-electron chi connectivity index (χ3n) is 3.07. The number of halogens is 1. The van der Waals surface area contributed by atoms with Crippen LogP contribution in [-0.2, 0) is 6.42 Å². The lowest BCUT2D eigenvalue weighted by Crippen LogP contribution is -2.07. The lowest BCUT2D eigenvalue weighted by molar-refractivity contribution is 0.524. The Balaban J connectivity index is 2.70. The third kappa shape index (κ3) is 1.82. The third-order valence-corrected chi connectivity index (χ3v) is 3.31. The van der Waals surface area contributed by atoms with Crippen molar-refractivity contribution >= 4 is 22.6 Å². The van der Waals surface area contributed by atoms with Gasteiger partial charge in [-0.25, -0.2) is 4.98 Å². The molecule has 0 N–H and O–H groups in total. The van der Waals surface area contributed by atoms with Gasteiger partial charge in [0.25, 0.3) is 0 Å². The molecular formula is C13H17ClN2. The van der Waals surface area contributed by atoms with E-state index in [9.17, 15) is 0 Å². The summed E-state index contributed by atoms with van der Waals surface area (Å²) in [5.41, 5.74) is 2.19. The van der Waals surface area contributed by atoms with Crippen molar-refractivity contribution in [3.63, 3.8) is 0 Å². The molecule has 0 aliphatic heterocycles. The number of hydrogen-bond acceptors (Lipinski definition) is 1. The first-order chi connectivity index (χ1) is 7.67. The second-order valence-corrected chi connectivity index (χ2v) is 4.58. The molecule has 1 aromatic carbocycles. The van der Waals surface area contributed by atoms with E-state index < -0.39 is 0 Å². The Morgan fingerprint density at radius 1 is 1.38 bits per heavy atom. The van der Waals surface area contributed by atoms with Crippen LogP contribution >= 0.6 is 11.6 Å². The summed E-state index contributed by atoms with van der Waals surface area (Å²) in [7, 11) is 0. The first-order valence-electron chi connectivity index (χ1n) is 5.83. The van der Waals surface area contributed by atoms with Gasteiger partial charge in [-0.3, -0.25) is 0 Å². The largest absolute Gasteiger partial charge is 0.325 e. The Kier molecular flexibility index (Phi) is 3.20. The van der Waals surface area contributed by atoms with Gasteiger partial charge in [0.15, 0.2) is 0 Å². The molecule has 0 aliphatic carbocycles. The monoisotopic (exact) mass is 236 g/mol. The van der Waals surface area contributed by atoms with Crippen LogP contribution in [-0.4, -0.2) is 9.55 Å². The maximum atomic E-state index is 6.05. The van der Waals surface area contributed by atoms with E-state index in [1.165, 1.54) is 0 Å². The van der Waals surface area contributed by atoms with Crippen molar-refractivity contribution in [2.24, 2.45) is 0 Å². The number of imidazole rings is 1. The molecule has 0 amide bonds. The average molecular weight is 237 g/mol. The normalized spacial score (nSPS) is 13.2. The molecule has 2 aromatic rings. The van der Waals surface area contributed by atoms with Gasteiger partial charge in [0.05, 0.1) is 11.0 Å². The van der Waals surface area contributed by atoms with Crippen LogP contribution in [0.2, 0.25) is 5.02 Å². The molecule has 16 heavy (non-hydrogen) atoms. The molecule has 2 rings (SSSR count). The maximum Gasteiger partial charge on any atom is 0.109 e. The molecule has 86 valence electrons. The van der Waals surface area contributed by atoms with Crippen LogP contribution < -0.4 is 0 Å². The molecule has 0 aliphatic rings. The second kappa shape index (κ2) is 4.46. The topological polar surface area (TPSA) is 17.8 Å². The molecule has 0 bridgehead atoms. The Bertz CT molecular complexity index is 502. The van der Waals surface area contributed by atoms with Crippen LogP contribution in [0.4, 0.5) is 0 Å². The summed E-state index contributed by atoms with van der Waals surface area (Å²) in [6.07, 6.45) is 2.06. The van der Waals surface area contributed by atoms with Gasteiger partial charge in [0.2, 0.25) is 0 Å². The highest BCUT2D eigenvalue weighted by atomic mass is 35.5. The van der Waals surface area contributed by atoms with Crippen LogP contribution in [0.3, 0.4) is 0 Å². The minimum atomic E-state index is 0.471. The van der Waals surface area contributed by atoms with E-state index in [1.807, 2.05) is 18.2 Å². The van der Waals surface area contributed by atoms with E-state index in [-0.39, 0.29) is 0 Å². The number of benzene rings is 1. The molecule has 1 unspecified atom stereocenters. The smallest absolute Gasteiger partial charge is 0.109 e. The van der Waals surface area contributed by atoms with Crippen LogP contribution in [0.25, 0.3) is 11.0 Å². The predicted molar refractivity (Wildman–Crippen MR) is 69.1 cm³/mol. The van der Waals surface area contributed by atoms with Crippen LogP contribution in [0.1, 0.15) is 39.1 Å². The maximum absolute atomic E-state index is 6.05. The van der Waals surface area contributed by atoms with Crippen molar-refractivity contribution in [3.8, 4) is 0 Å². The molecule has 0 fully saturated rings. The predicted octanol–water partition coefficient (Wildman–Crippen LogP) is 4.22. The molecule has 0 spiro atoms. The standard InChI is InChI=1S/C13H17ClN2/c1-4-9(3)16-12-8-10(14)6-7-11(12)15-13(16)5-2/h6-9H,4-5H2,1-3H3. The number of hydrogen-bond donors (Lipinski definition) is 0. The van der Waals surface area contributed by atoms with Gasteiger partial charge in [-0.2, -0.15) is 0 Å². The first kappa shape index (κ1) is 11.5. The molecule has 3 heteroatoms. The number of nitrogens with zero attached hydrogens (tertiary/aromatic N) is 2. The number of aromatic nitrogens is 2. The van der Waals surface area contributed by atoms with Gasteiger partial charge in [-0.05, 0) is 31.5 Å². The van der Waals surface area contributed by atoms with Crippen molar-refractivity contribution in [3.05, 3.63) is 29.0 Å². The van der Waals surface area contributed by atoms with Crippen molar-refractivity contribution in [1.29, 1.82) is 0 Å². The Morgan fingerprint density at radius 3 is 2.75 bits per heavy atom. The van der Waals surface area contributed by atoms with Gasteiger partial charge in [0.1, 0.15) is 5.82 Å². The van der Waals surface area contributed by atoms with Crippen LogP contribution in [0, 0.1) is 0 Å². The summed E-state index contributed by atoms with van der Waals surface area (Å²) in [5, 5.41) is 0.777. The van der Waals surface area contributed by atoms with Crippen molar-refractivity contribution in [2.45, 2.75) is 39.7 Å². The molecular weight excluding hydrogens is 220 g/mol. The highest BCUT2D eigenvalue weighted by Crippen LogP contribution is 2.25. The molecule has 0 radical (unpaired) electrons. The minimum Gasteiger partial charge on any atom is -0.325 e. The summed E-state index contributed by atoms with van der Waals surface area (Å²) in [6.45, 7) is 6.56. The number of fused-ring (bicyclic) bond motifs is 1. The summed E-state index contributed by atoms with van der Waals surface area (Å²) in [6, 6.07) is 6.38. The quantitative estimate of drug-likeness (QED) is 0.780. The van der Waals surface area contributed by atoms with Crippen LogP contribution in [0.15, 0.2) is 18.2 Å². The zero-order chi connectivity index (χ0) is 11.7. The molecule has 0 saturated heterocycles. The lowest BCUT2D eigenvalue weighted by Gasteiger charge is -2.15. The summed E-state index contributed by atoms with van der Waals surface area (Å²) < 4.78 is 2.31. The number of rotatable bonds is 3. The van der Waals surface area contributed by atoms with Crippen molar-refractivity contribution in [2.75, 3.05) is 0 Å². The Labute approximate surface area is 101 Å². The van der Waals surface area contributed by atoms with E-state index in [2.05, 4.69) is 30.3 Å². The van der Waals surface area contributed by atoms with Gasteiger partial charge in [-0.15, -0.1) is 0 Å². The van der Waals surface area contributed by atoms with Crippen molar-refractivity contribution < 1.29 is 0 Å². The van der Waals surface area contributed by atoms with E-state index in [1.54, 1.807) is 0 Å². The van der Waals surface area contributed by atoms with Gasteiger partial charge < -0.3 is 4.57 Å². The zero-order valence-corrected chi connectivity index (χ0v) is 10.8. The van der Waals surface area contributed by atoms with Gasteiger partial charge in [-0.1, -0.05) is 25.4 Å². The minimum absolute atomic E-state index is 0.471. The van der Waals surface area contributed by atoms with E-state index in [0.29, 0.717) is 6.04 Å². The zero-order valence-electron chi connectivity index (χ0n) is 10.00. The van der Waals surface area contributed by atoms with Crippen LogP contribution in [0.5, 0.6) is 0 Å². The average Bonchev–Trinajstić information content (AvgIpc) is 2.65. The molecule has 1 aromatic heterocycles. The van der Waals surface area contributed by atoms with E-state index in [0.717, 1.165) is 34.7 Å². The molecule has 1 heterocycles. The Morgan fingerprint density at radius 2 is 2.12 bits per heavy atom. The second-order valence-electron chi connectivity index (χ2n) is 4.14. The van der Waals surface area contributed by atoms with Crippen molar-refractivity contribution in [1.82, 2.24) is 9.55 Å². The summed E-state index contributed by atoms with van der Waals surface area (Å²) >= 11 is 6.05. The summed E-state index contributed by atoms with van der Waals surface area (Å²) in [5.74, 6) is 1.15. The Hall–Kier alpha value is -1.02. The summed E-state index contributed by atoms with van der Waals surface area (Å²) in [4.78, 5) is 4.65. The SMILES string of the molecule is CCc1nc2ccc(Cl)cc2n1C(C)CC. The first-order valence-corrected chi connectivity index (χ1v) is 6.21. The fraction of sp³-hybridized carbons (Fsp3) is 0.462. The molecule has 0 saturated carbocycles. The highest BCUT2D eigenvalue weighted by Gasteiger charge is 2.13. The van der Waals surface area contributed by atoms with E-state index >= 15 is 0 Å². The molecule has 1 atom stereocenters. The highest BCUT2D eigenvalue weighted by molar-refractivity contribution is 6.31. The fourth-order valence-corrected chi connectivity index (χ4v) is 2.21. The van der Waals surface area contributed by atoms with Gasteiger partial charge in [0, 0.05) is 17.5 Å².